The van der Waals surface area contributed by atoms with Gasteiger partial charge in [-0.25, -0.2) is 4.98 Å². The van der Waals surface area contributed by atoms with Crippen molar-refractivity contribution in [2.45, 2.75) is 31.7 Å². The Kier molecular flexibility index (Phi) is 4.62. The predicted molar refractivity (Wildman–Crippen MR) is 87.6 cm³/mol. The molecule has 0 amide bonds. The van der Waals surface area contributed by atoms with E-state index in [-0.39, 0.29) is 0 Å². The van der Waals surface area contributed by atoms with Gasteiger partial charge in [-0.2, -0.15) is 0 Å². The Hall–Kier alpha value is -1.73. The Morgan fingerprint density at radius 2 is 1.95 bits per heavy atom. The highest BCUT2D eigenvalue weighted by molar-refractivity contribution is 5.49. The number of aromatic nitrogens is 1. The van der Waals surface area contributed by atoms with Gasteiger partial charge < -0.3 is 10.2 Å². The summed E-state index contributed by atoms with van der Waals surface area (Å²) in [6.07, 6.45) is 12.2. The van der Waals surface area contributed by atoms with Gasteiger partial charge in [-0.05, 0) is 37.8 Å². The standard InChI is InChI=1S/C17H24N4/c1-2-9-20-12-7-15(8-13-20)19-16-5-6-17(18-14-16)21-10-3-4-11-21/h1,5-6,14-15,19H,3-4,7-13H2. The summed E-state index contributed by atoms with van der Waals surface area (Å²) in [5.41, 5.74) is 1.13. The number of pyridine rings is 1. The lowest BCUT2D eigenvalue weighted by Crippen LogP contribution is -2.39. The molecule has 0 radical (unpaired) electrons. The average molecular weight is 284 g/mol. The van der Waals surface area contributed by atoms with Crippen molar-refractivity contribution in [2.24, 2.45) is 0 Å². The van der Waals surface area contributed by atoms with E-state index in [1.165, 1.54) is 12.8 Å². The van der Waals surface area contributed by atoms with Crippen LogP contribution in [0.15, 0.2) is 18.3 Å². The van der Waals surface area contributed by atoms with Crippen molar-refractivity contribution >= 4 is 11.5 Å². The fourth-order valence-corrected chi connectivity index (χ4v) is 3.20. The van der Waals surface area contributed by atoms with Crippen molar-refractivity contribution in [3.05, 3.63) is 18.3 Å². The zero-order valence-corrected chi connectivity index (χ0v) is 12.6. The van der Waals surface area contributed by atoms with Gasteiger partial charge in [0.05, 0.1) is 18.4 Å². The van der Waals surface area contributed by atoms with Crippen LogP contribution in [-0.2, 0) is 0 Å². The average Bonchev–Trinajstić information content (AvgIpc) is 3.05. The fourth-order valence-electron chi connectivity index (χ4n) is 3.20. The molecule has 2 saturated heterocycles. The maximum absolute atomic E-state index is 5.36. The van der Waals surface area contributed by atoms with E-state index in [1.807, 2.05) is 6.20 Å². The highest BCUT2D eigenvalue weighted by Gasteiger charge is 2.18. The monoisotopic (exact) mass is 284 g/mol. The molecular weight excluding hydrogens is 260 g/mol. The number of piperidine rings is 1. The van der Waals surface area contributed by atoms with Crippen molar-refractivity contribution in [2.75, 3.05) is 42.9 Å². The van der Waals surface area contributed by atoms with E-state index in [4.69, 9.17) is 6.42 Å². The Bertz CT molecular complexity index is 477. The van der Waals surface area contributed by atoms with Gasteiger partial charge in [-0.3, -0.25) is 4.90 Å². The number of terminal acetylenes is 1. The molecule has 3 heterocycles. The highest BCUT2D eigenvalue weighted by atomic mass is 15.2. The second-order valence-corrected chi connectivity index (χ2v) is 6.00. The van der Waals surface area contributed by atoms with Gasteiger partial charge in [0.15, 0.2) is 0 Å². The minimum Gasteiger partial charge on any atom is -0.381 e. The van der Waals surface area contributed by atoms with Crippen LogP contribution >= 0.6 is 0 Å². The van der Waals surface area contributed by atoms with Crippen molar-refractivity contribution < 1.29 is 0 Å². The van der Waals surface area contributed by atoms with Crippen LogP contribution in [0.3, 0.4) is 0 Å². The summed E-state index contributed by atoms with van der Waals surface area (Å²) >= 11 is 0. The number of rotatable bonds is 4. The number of nitrogens with zero attached hydrogens (tertiary/aromatic N) is 3. The van der Waals surface area contributed by atoms with Crippen molar-refractivity contribution in [1.29, 1.82) is 0 Å². The van der Waals surface area contributed by atoms with Crippen LogP contribution in [0.2, 0.25) is 0 Å². The lowest BCUT2D eigenvalue weighted by Gasteiger charge is -2.31. The molecule has 2 aliphatic rings. The third-order valence-corrected chi connectivity index (χ3v) is 4.45. The second kappa shape index (κ2) is 6.82. The number of hydrogen-bond acceptors (Lipinski definition) is 4. The quantitative estimate of drug-likeness (QED) is 0.859. The summed E-state index contributed by atoms with van der Waals surface area (Å²) in [7, 11) is 0. The summed E-state index contributed by atoms with van der Waals surface area (Å²) < 4.78 is 0. The van der Waals surface area contributed by atoms with Crippen molar-refractivity contribution in [3.63, 3.8) is 0 Å². The first kappa shape index (κ1) is 14.2. The molecule has 0 aliphatic carbocycles. The van der Waals surface area contributed by atoms with E-state index in [2.05, 4.69) is 38.2 Å². The van der Waals surface area contributed by atoms with Gasteiger partial charge >= 0.3 is 0 Å². The minimum atomic E-state index is 0.540. The van der Waals surface area contributed by atoms with Gasteiger partial charge in [0.25, 0.3) is 0 Å². The van der Waals surface area contributed by atoms with Crippen LogP contribution in [0.4, 0.5) is 11.5 Å². The Balaban J connectivity index is 1.50. The largest absolute Gasteiger partial charge is 0.381 e. The van der Waals surface area contributed by atoms with Gasteiger partial charge in [0, 0.05) is 32.2 Å². The molecule has 0 spiro atoms. The van der Waals surface area contributed by atoms with Crippen LogP contribution in [0.1, 0.15) is 25.7 Å². The van der Waals surface area contributed by atoms with Crippen molar-refractivity contribution in [1.82, 2.24) is 9.88 Å². The van der Waals surface area contributed by atoms with E-state index in [0.717, 1.165) is 57.1 Å². The molecule has 1 N–H and O–H groups in total. The molecule has 0 aromatic carbocycles. The first-order chi connectivity index (χ1) is 10.3. The topological polar surface area (TPSA) is 31.4 Å². The lowest BCUT2D eigenvalue weighted by molar-refractivity contribution is 0.243. The third-order valence-electron chi connectivity index (χ3n) is 4.45. The van der Waals surface area contributed by atoms with Crippen LogP contribution in [0.5, 0.6) is 0 Å². The first-order valence-corrected chi connectivity index (χ1v) is 7.98. The number of nitrogens with one attached hydrogen (secondary N) is 1. The Labute approximate surface area is 127 Å². The van der Waals surface area contributed by atoms with Gasteiger partial charge in [0.1, 0.15) is 5.82 Å². The molecule has 0 atom stereocenters. The minimum absolute atomic E-state index is 0.540. The normalized spacial score (nSPS) is 20.4. The lowest BCUT2D eigenvalue weighted by atomic mass is 10.0. The number of likely N-dealkylation sites (tertiary alicyclic amines) is 1. The Morgan fingerprint density at radius 1 is 1.19 bits per heavy atom. The molecule has 21 heavy (non-hydrogen) atoms. The number of anilines is 2. The van der Waals surface area contributed by atoms with E-state index in [9.17, 15) is 0 Å². The van der Waals surface area contributed by atoms with Gasteiger partial charge in [0.2, 0.25) is 0 Å². The van der Waals surface area contributed by atoms with E-state index >= 15 is 0 Å². The molecule has 0 unspecified atom stereocenters. The molecule has 4 heteroatoms. The molecule has 4 nitrogen and oxygen atoms in total. The van der Waals surface area contributed by atoms with Crippen LogP contribution in [0, 0.1) is 12.3 Å². The SMILES string of the molecule is C#CCN1CCC(Nc2ccc(N3CCCC3)nc2)CC1. The maximum Gasteiger partial charge on any atom is 0.128 e. The summed E-state index contributed by atoms with van der Waals surface area (Å²) in [5, 5.41) is 3.60. The van der Waals surface area contributed by atoms with E-state index in [0.29, 0.717) is 6.04 Å². The van der Waals surface area contributed by atoms with E-state index in [1.54, 1.807) is 0 Å². The molecule has 1 aromatic heterocycles. The molecule has 1 aromatic rings. The summed E-state index contributed by atoms with van der Waals surface area (Å²) in [6.45, 7) is 5.24. The smallest absolute Gasteiger partial charge is 0.128 e. The van der Waals surface area contributed by atoms with Gasteiger partial charge in [-0.1, -0.05) is 5.92 Å². The van der Waals surface area contributed by atoms with Crippen LogP contribution in [0.25, 0.3) is 0 Å². The molecule has 3 rings (SSSR count). The van der Waals surface area contributed by atoms with Crippen molar-refractivity contribution in [3.8, 4) is 12.3 Å². The first-order valence-electron chi connectivity index (χ1n) is 7.98. The summed E-state index contributed by atoms with van der Waals surface area (Å²) in [5.74, 6) is 3.84. The van der Waals surface area contributed by atoms with Crippen LogP contribution in [-0.4, -0.2) is 48.6 Å². The van der Waals surface area contributed by atoms with Crippen LogP contribution < -0.4 is 10.2 Å². The number of hydrogen-bond donors (Lipinski definition) is 1. The Morgan fingerprint density at radius 3 is 2.57 bits per heavy atom. The molecule has 112 valence electrons. The van der Waals surface area contributed by atoms with Gasteiger partial charge in [-0.15, -0.1) is 6.42 Å². The molecule has 2 fully saturated rings. The highest BCUT2D eigenvalue weighted by Crippen LogP contribution is 2.21. The zero-order chi connectivity index (χ0) is 14.5. The molecule has 0 saturated carbocycles. The molecular formula is C17H24N4. The van der Waals surface area contributed by atoms with E-state index < -0.39 is 0 Å². The summed E-state index contributed by atoms with van der Waals surface area (Å²) in [4.78, 5) is 9.30. The second-order valence-electron chi connectivity index (χ2n) is 6.00. The maximum atomic E-state index is 5.36. The third kappa shape index (κ3) is 3.68. The predicted octanol–water partition coefficient (Wildman–Crippen LogP) is 2.19. The molecule has 0 bridgehead atoms. The fraction of sp³-hybridized carbons (Fsp3) is 0.588. The zero-order valence-electron chi connectivity index (χ0n) is 12.6. The molecule has 2 aliphatic heterocycles. The summed E-state index contributed by atoms with van der Waals surface area (Å²) in [6, 6.07) is 4.84.